The number of likely N-dealkylation sites (tertiary alicyclic amines) is 1. The molecular formula is C18H30N4O2. The van der Waals surface area contributed by atoms with Crippen molar-refractivity contribution in [3.05, 3.63) is 34.2 Å². The van der Waals surface area contributed by atoms with E-state index in [0.29, 0.717) is 18.2 Å². The van der Waals surface area contributed by atoms with Crippen LogP contribution in [0.5, 0.6) is 0 Å². The first kappa shape index (κ1) is 18.7. The van der Waals surface area contributed by atoms with Crippen molar-refractivity contribution < 1.29 is 4.79 Å². The predicted octanol–water partition coefficient (Wildman–Crippen LogP) is 0.873. The normalized spacial score (nSPS) is 18.3. The SMILES string of the molecule is CCN1CCC[C@@H]1CN(CCN(C)C)C(=O)c1ccn(C)c(=O)c1. The number of pyridine rings is 1. The summed E-state index contributed by atoms with van der Waals surface area (Å²) < 4.78 is 1.48. The highest BCUT2D eigenvalue weighted by Gasteiger charge is 2.27. The number of aromatic nitrogens is 1. The van der Waals surface area contributed by atoms with Gasteiger partial charge in [-0.15, -0.1) is 0 Å². The average Bonchev–Trinajstić information content (AvgIpc) is 3.00. The van der Waals surface area contributed by atoms with Crippen molar-refractivity contribution in [3.63, 3.8) is 0 Å². The van der Waals surface area contributed by atoms with Crippen LogP contribution in [-0.2, 0) is 7.05 Å². The third-order valence-electron chi connectivity index (χ3n) is 4.79. The van der Waals surface area contributed by atoms with Gasteiger partial charge in [-0.05, 0) is 46.1 Å². The Bertz CT molecular complexity index is 611. The topological polar surface area (TPSA) is 48.8 Å². The van der Waals surface area contributed by atoms with Crippen LogP contribution in [0.1, 0.15) is 30.1 Å². The maximum atomic E-state index is 12.9. The van der Waals surface area contributed by atoms with Crippen molar-refractivity contribution in [3.8, 4) is 0 Å². The minimum absolute atomic E-state index is 0.0440. The highest BCUT2D eigenvalue weighted by atomic mass is 16.2. The van der Waals surface area contributed by atoms with Gasteiger partial charge in [0.25, 0.3) is 11.5 Å². The smallest absolute Gasteiger partial charge is 0.254 e. The average molecular weight is 334 g/mol. The van der Waals surface area contributed by atoms with Crippen LogP contribution in [0.25, 0.3) is 0 Å². The van der Waals surface area contributed by atoms with Gasteiger partial charge in [0.15, 0.2) is 0 Å². The summed E-state index contributed by atoms with van der Waals surface area (Å²) in [7, 11) is 5.71. The number of aryl methyl sites for hydroxylation is 1. The summed E-state index contributed by atoms with van der Waals surface area (Å²) >= 11 is 0. The van der Waals surface area contributed by atoms with Crippen LogP contribution in [0.4, 0.5) is 0 Å². The van der Waals surface area contributed by atoms with Crippen LogP contribution in [0, 0.1) is 0 Å². The Kier molecular flexibility index (Phi) is 6.57. The van der Waals surface area contributed by atoms with E-state index in [-0.39, 0.29) is 11.5 Å². The summed E-state index contributed by atoms with van der Waals surface area (Å²) in [4.78, 5) is 31.2. The summed E-state index contributed by atoms with van der Waals surface area (Å²) in [5.41, 5.74) is 0.336. The molecule has 0 radical (unpaired) electrons. The number of amides is 1. The summed E-state index contributed by atoms with van der Waals surface area (Å²) in [5, 5.41) is 0. The van der Waals surface area contributed by atoms with E-state index < -0.39 is 0 Å². The summed E-state index contributed by atoms with van der Waals surface area (Å²) in [5.74, 6) is -0.0440. The molecule has 1 aromatic heterocycles. The fourth-order valence-electron chi connectivity index (χ4n) is 3.23. The molecule has 0 aliphatic carbocycles. The molecule has 0 bridgehead atoms. The fraction of sp³-hybridized carbons (Fsp3) is 0.667. The summed E-state index contributed by atoms with van der Waals surface area (Å²) in [6, 6.07) is 3.60. The molecular weight excluding hydrogens is 304 g/mol. The third kappa shape index (κ3) is 4.68. The number of carbonyl (C=O) groups excluding carboxylic acids is 1. The van der Waals surface area contributed by atoms with Gasteiger partial charge in [0.1, 0.15) is 0 Å². The first-order valence-corrected chi connectivity index (χ1v) is 8.77. The molecule has 1 aliphatic rings. The zero-order valence-electron chi connectivity index (χ0n) is 15.4. The number of carbonyl (C=O) groups is 1. The van der Waals surface area contributed by atoms with E-state index in [9.17, 15) is 9.59 Å². The van der Waals surface area contributed by atoms with E-state index in [1.54, 1.807) is 19.3 Å². The second kappa shape index (κ2) is 8.44. The second-order valence-electron chi connectivity index (χ2n) is 6.84. The van der Waals surface area contributed by atoms with Crippen LogP contribution >= 0.6 is 0 Å². The second-order valence-corrected chi connectivity index (χ2v) is 6.84. The molecule has 1 atom stereocenters. The zero-order chi connectivity index (χ0) is 17.7. The molecule has 0 aromatic carbocycles. The minimum Gasteiger partial charge on any atom is -0.336 e. The number of hydrogen-bond acceptors (Lipinski definition) is 4. The Hall–Kier alpha value is -1.66. The van der Waals surface area contributed by atoms with Crippen LogP contribution < -0.4 is 5.56 Å². The zero-order valence-corrected chi connectivity index (χ0v) is 15.4. The molecule has 134 valence electrons. The van der Waals surface area contributed by atoms with Crippen LogP contribution in [-0.4, -0.2) is 78.0 Å². The van der Waals surface area contributed by atoms with Crippen molar-refractivity contribution in [2.24, 2.45) is 7.05 Å². The quantitative estimate of drug-likeness (QED) is 0.743. The molecule has 1 aliphatic heterocycles. The Labute approximate surface area is 144 Å². The largest absolute Gasteiger partial charge is 0.336 e. The van der Waals surface area contributed by atoms with Gasteiger partial charge in [-0.25, -0.2) is 0 Å². The molecule has 1 aromatic rings. The molecule has 0 saturated carbocycles. The maximum absolute atomic E-state index is 12.9. The fourth-order valence-corrected chi connectivity index (χ4v) is 3.23. The van der Waals surface area contributed by atoms with E-state index in [4.69, 9.17) is 0 Å². The lowest BCUT2D eigenvalue weighted by Gasteiger charge is -2.31. The maximum Gasteiger partial charge on any atom is 0.254 e. The molecule has 2 heterocycles. The molecule has 1 amide bonds. The van der Waals surface area contributed by atoms with E-state index in [1.807, 2.05) is 19.0 Å². The predicted molar refractivity (Wildman–Crippen MR) is 96.4 cm³/mol. The first-order valence-electron chi connectivity index (χ1n) is 8.77. The molecule has 2 rings (SSSR count). The van der Waals surface area contributed by atoms with Crippen molar-refractivity contribution in [2.75, 3.05) is 46.8 Å². The van der Waals surface area contributed by atoms with Gasteiger partial charge in [-0.2, -0.15) is 0 Å². The van der Waals surface area contributed by atoms with Gasteiger partial charge < -0.3 is 14.4 Å². The number of hydrogen-bond donors (Lipinski definition) is 0. The van der Waals surface area contributed by atoms with Crippen molar-refractivity contribution in [1.29, 1.82) is 0 Å². The van der Waals surface area contributed by atoms with Crippen molar-refractivity contribution >= 4 is 5.91 Å². The Balaban J connectivity index is 2.16. The van der Waals surface area contributed by atoms with Crippen molar-refractivity contribution in [1.82, 2.24) is 19.3 Å². The van der Waals surface area contributed by atoms with Gasteiger partial charge >= 0.3 is 0 Å². The summed E-state index contributed by atoms with van der Waals surface area (Å²) in [6.07, 6.45) is 3.99. The van der Waals surface area contributed by atoms with E-state index >= 15 is 0 Å². The summed E-state index contributed by atoms with van der Waals surface area (Å²) in [6.45, 7) is 6.53. The molecule has 1 saturated heterocycles. The Morgan fingerprint density at radius 2 is 2.08 bits per heavy atom. The number of nitrogens with zero attached hydrogens (tertiary/aromatic N) is 4. The molecule has 0 N–H and O–H groups in total. The van der Waals surface area contributed by atoms with Crippen LogP contribution in [0.2, 0.25) is 0 Å². The van der Waals surface area contributed by atoms with Crippen molar-refractivity contribution in [2.45, 2.75) is 25.8 Å². The molecule has 6 nitrogen and oxygen atoms in total. The highest BCUT2D eigenvalue weighted by molar-refractivity contribution is 5.94. The van der Waals surface area contributed by atoms with Gasteiger partial charge in [-0.1, -0.05) is 6.92 Å². The third-order valence-corrected chi connectivity index (χ3v) is 4.79. The van der Waals surface area contributed by atoms with E-state index in [2.05, 4.69) is 16.7 Å². The lowest BCUT2D eigenvalue weighted by Crippen LogP contribution is -2.45. The highest BCUT2D eigenvalue weighted by Crippen LogP contribution is 2.18. The molecule has 1 fully saturated rings. The Morgan fingerprint density at radius 1 is 1.33 bits per heavy atom. The molecule has 6 heteroatoms. The van der Waals surface area contributed by atoms with Gasteiger partial charge in [0.2, 0.25) is 0 Å². The van der Waals surface area contributed by atoms with Crippen LogP contribution in [0.3, 0.4) is 0 Å². The molecule has 24 heavy (non-hydrogen) atoms. The first-order chi connectivity index (χ1) is 11.4. The lowest BCUT2D eigenvalue weighted by atomic mass is 10.1. The number of likely N-dealkylation sites (N-methyl/N-ethyl adjacent to an activating group) is 2. The van der Waals surface area contributed by atoms with Gasteiger partial charge in [0.05, 0.1) is 0 Å². The van der Waals surface area contributed by atoms with Crippen LogP contribution in [0.15, 0.2) is 23.1 Å². The van der Waals surface area contributed by atoms with E-state index in [0.717, 1.165) is 32.6 Å². The number of rotatable bonds is 7. The Morgan fingerprint density at radius 3 is 2.71 bits per heavy atom. The van der Waals surface area contributed by atoms with Gasteiger partial charge in [-0.3, -0.25) is 14.5 Å². The molecule has 0 unspecified atom stereocenters. The lowest BCUT2D eigenvalue weighted by molar-refractivity contribution is 0.0694. The minimum atomic E-state index is -0.149. The molecule has 0 spiro atoms. The monoisotopic (exact) mass is 334 g/mol. The van der Waals surface area contributed by atoms with Gasteiger partial charge in [0, 0.05) is 50.6 Å². The standard InChI is InChI=1S/C18H30N4O2/c1-5-21-9-6-7-16(21)14-22(12-11-19(2)3)18(24)15-8-10-20(4)17(23)13-15/h8,10,13,16H,5-7,9,11-12,14H2,1-4H3/t16-/m1/s1. The van der Waals surface area contributed by atoms with E-state index in [1.165, 1.54) is 17.1 Å².